The van der Waals surface area contributed by atoms with Gasteiger partial charge in [0.25, 0.3) is 5.56 Å². The molecule has 192 valence electrons. The lowest BCUT2D eigenvalue weighted by atomic mass is 9.62. The minimum Gasteiger partial charge on any atom is -0.355 e. The van der Waals surface area contributed by atoms with Crippen molar-refractivity contribution in [3.05, 3.63) is 93.8 Å². The van der Waals surface area contributed by atoms with E-state index in [2.05, 4.69) is 42.2 Å². The number of fused-ring (bicyclic) bond motifs is 4. The van der Waals surface area contributed by atoms with Crippen LogP contribution < -0.4 is 10.9 Å². The Balaban J connectivity index is 1.45. The number of carbonyl (C=O) groups is 1. The van der Waals surface area contributed by atoms with Crippen LogP contribution in [0.25, 0.3) is 11.3 Å². The van der Waals surface area contributed by atoms with Gasteiger partial charge in [-0.05, 0) is 43.7 Å². The van der Waals surface area contributed by atoms with Gasteiger partial charge in [0.2, 0.25) is 5.91 Å². The first kappa shape index (κ1) is 25.5. The molecule has 0 bridgehead atoms. The minimum absolute atomic E-state index is 0.0383. The van der Waals surface area contributed by atoms with Crippen molar-refractivity contribution in [2.45, 2.75) is 69.0 Å². The van der Waals surface area contributed by atoms with E-state index in [1.54, 1.807) is 4.57 Å². The van der Waals surface area contributed by atoms with Gasteiger partial charge in [-0.15, -0.1) is 0 Å². The van der Waals surface area contributed by atoms with Crippen molar-refractivity contribution in [3.63, 3.8) is 0 Å². The zero-order valence-electron chi connectivity index (χ0n) is 21.6. The smallest absolute Gasteiger partial charge is 0.258 e. The number of benzene rings is 2. The van der Waals surface area contributed by atoms with E-state index in [0.29, 0.717) is 18.2 Å². The van der Waals surface area contributed by atoms with E-state index in [0.717, 1.165) is 60.9 Å². The van der Waals surface area contributed by atoms with Gasteiger partial charge in [0.1, 0.15) is 0 Å². The molecule has 1 fully saturated rings. The molecule has 0 unspecified atom stereocenters. The molecule has 1 heterocycles. The summed E-state index contributed by atoms with van der Waals surface area (Å²) in [5, 5.41) is 3.60. The molecule has 1 saturated carbocycles. The van der Waals surface area contributed by atoms with E-state index in [1.165, 1.54) is 29.3 Å². The van der Waals surface area contributed by atoms with Gasteiger partial charge in [0, 0.05) is 24.1 Å². The summed E-state index contributed by atoms with van der Waals surface area (Å²) in [7, 11) is 0. The molecule has 3 aromatic rings. The van der Waals surface area contributed by atoms with Crippen LogP contribution in [0.15, 0.2) is 76.7 Å². The van der Waals surface area contributed by atoms with Gasteiger partial charge in [-0.1, -0.05) is 97.8 Å². The summed E-state index contributed by atoms with van der Waals surface area (Å²) in [5.41, 5.74) is 6.00. The van der Waals surface area contributed by atoms with Crippen LogP contribution >= 0.6 is 11.8 Å². The molecule has 1 aromatic heterocycles. The fourth-order valence-corrected chi connectivity index (χ4v) is 6.73. The highest BCUT2D eigenvalue weighted by Gasteiger charge is 2.43. The average Bonchev–Trinajstić information content (AvgIpc) is 2.90. The first-order valence-electron chi connectivity index (χ1n) is 13.3. The van der Waals surface area contributed by atoms with E-state index in [-0.39, 0.29) is 22.6 Å². The number of nitrogens with zero attached hydrogens (tertiary/aromatic N) is 2. The molecule has 0 radical (unpaired) electrons. The molecular weight excluding hydrogens is 478 g/mol. The Hall–Kier alpha value is -3.12. The largest absolute Gasteiger partial charge is 0.355 e. The van der Waals surface area contributed by atoms with Crippen LogP contribution in [0, 0.1) is 0 Å². The Bertz CT molecular complexity index is 1360. The lowest BCUT2D eigenvalue weighted by molar-refractivity contribution is -0.118. The molecule has 1 spiro atoms. The molecular formula is C31H35N3O2S. The van der Waals surface area contributed by atoms with Gasteiger partial charge in [0.15, 0.2) is 5.16 Å². The molecule has 6 heteroatoms. The van der Waals surface area contributed by atoms with Gasteiger partial charge in [-0.2, -0.15) is 0 Å². The molecule has 1 amide bonds. The predicted octanol–water partition coefficient (Wildman–Crippen LogP) is 5.70. The second-order valence-electron chi connectivity index (χ2n) is 10.5. The van der Waals surface area contributed by atoms with Gasteiger partial charge in [-0.25, -0.2) is 4.98 Å². The summed E-state index contributed by atoms with van der Waals surface area (Å²) >= 11 is 1.34. The van der Waals surface area contributed by atoms with E-state index in [1.807, 2.05) is 31.2 Å². The highest BCUT2D eigenvalue weighted by Crippen LogP contribution is 2.48. The average molecular weight is 514 g/mol. The van der Waals surface area contributed by atoms with Crippen molar-refractivity contribution in [1.82, 2.24) is 14.9 Å². The first-order valence-corrected chi connectivity index (χ1v) is 14.3. The number of hydrogen-bond acceptors (Lipinski definition) is 4. The standard InChI is InChI=1S/C31H35N3O2S/c1-22(2)20-34-29(36)27-28(25-14-8-7-13-24(25)19-31(27)16-9-4-10-17-31)33-30(34)37-21-26(35)32-18-15-23-11-5-3-6-12-23/h3,5-8,11-14H,1,4,9-10,15-21H2,2H3,(H,32,35). The van der Waals surface area contributed by atoms with Crippen molar-refractivity contribution >= 4 is 17.7 Å². The van der Waals surface area contributed by atoms with Crippen molar-refractivity contribution in [1.29, 1.82) is 0 Å². The Morgan fingerprint density at radius 1 is 1.08 bits per heavy atom. The highest BCUT2D eigenvalue weighted by atomic mass is 32.2. The lowest BCUT2D eigenvalue weighted by Gasteiger charge is -2.42. The number of nitrogens with one attached hydrogen (secondary N) is 1. The molecule has 2 aliphatic carbocycles. The Morgan fingerprint density at radius 2 is 1.81 bits per heavy atom. The number of aromatic nitrogens is 2. The summed E-state index contributed by atoms with van der Waals surface area (Å²) < 4.78 is 1.76. The van der Waals surface area contributed by atoms with E-state index in [4.69, 9.17) is 4.98 Å². The molecule has 5 nitrogen and oxygen atoms in total. The van der Waals surface area contributed by atoms with Crippen LogP contribution in [0.4, 0.5) is 0 Å². The molecule has 1 N–H and O–H groups in total. The zero-order valence-corrected chi connectivity index (χ0v) is 22.4. The van der Waals surface area contributed by atoms with Gasteiger partial charge in [0.05, 0.1) is 17.0 Å². The maximum Gasteiger partial charge on any atom is 0.258 e. The third-order valence-electron chi connectivity index (χ3n) is 7.62. The van der Waals surface area contributed by atoms with Crippen molar-refractivity contribution < 1.29 is 4.79 Å². The quantitative estimate of drug-likeness (QED) is 0.239. The van der Waals surface area contributed by atoms with Gasteiger partial charge in [-0.3, -0.25) is 14.2 Å². The SMILES string of the molecule is C=C(C)Cn1c(SCC(=O)NCCc2ccccc2)nc2c(c1=O)C1(CCCCC1)Cc1ccccc1-2. The maximum absolute atomic E-state index is 14.2. The molecule has 0 aliphatic heterocycles. The topological polar surface area (TPSA) is 64.0 Å². The summed E-state index contributed by atoms with van der Waals surface area (Å²) in [6.07, 6.45) is 7.23. The molecule has 37 heavy (non-hydrogen) atoms. The van der Waals surface area contributed by atoms with Gasteiger partial charge >= 0.3 is 0 Å². The minimum atomic E-state index is -0.152. The third kappa shape index (κ3) is 5.45. The van der Waals surface area contributed by atoms with Crippen LogP contribution in [0.1, 0.15) is 55.7 Å². The zero-order chi connectivity index (χ0) is 25.8. The summed E-state index contributed by atoms with van der Waals surface area (Å²) in [5.74, 6) is 0.155. The maximum atomic E-state index is 14.2. The van der Waals surface area contributed by atoms with Crippen LogP contribution in [-0.4, -0.2) is 27.8 Å². The van der Waals surface area contributed by atoms with E-state index < -0.39 is 0 Å². The molecule has 0 atom stereocenters. The summed E-state index contributed by atoms with van der Waals surface area (Å²) in [4.78, 5) is 32.0. The Morgan fingerprint density at radius 3 is 2.57 bits per heavy atom. The summed E-state index contributed by atoms with van der Waals surface area (Å²) in [6, 6.07) is 18.5. The fraction of sp³-hybridized carbons (Fsp3) is 0.387. The number of rotatable bonds is 8. The van der Waals surface area contributed by atoms with Crippen LogP contribution in [0.5, 0.6) is 0 Å². The second-order valence-corrected chi connectivity index (χ2v) is 11.5. The van der Waals surface area contributed by atoms with Crippen molar-refractivity contribution in [3.8, 4) is 11.3 Å². The van der Waals surface area contributed by atoms with Crippen LogP contribution in [0.3, 0.4) is 0 Å². The van der Waals surface area contributed by atoms with Gasteiger partial charge < -0.3 is 5.32 Å². The number of allylic oxidation sites excluding steroid dienone is 1. The van der Waals surface area contributed by atoms with E-state index >= 15 is 0 Å². The third-order valence-corrected chi connectivity index (χ3v) is 8.59. The number of hydrogen-bond donors (Lipinski definition) is 1. The summed E-state index contributed by atoms with van der Waals surface area (Å²) in [6.45, 7) is 7.00. The monoisotopic (exact) mass is 513 g/mol. The lowest BCUT2D eigenvalue weighted by Crippen LogP contribution is -2.43. The van der Waals surface area contributed by atoms with E-state index in [9.17, 15) is 9.59 Å². The number of amides is 1. The molecule has 2 aromatic carbocycles. The number of thioether (sulfide) groups is 1. The normalized spacial score (nSPS) is 15.6. The molecule has 0 saturated heterocycles. The molecule has 5 rings (SSSR count). The molecule has 2 aliphatic rings. The Labute approximate surface area is 223 Å². The number of carbonyl (C=O) groups excluding carboxylic acids is 1. The van der Waals surface area contributed by atoms with Crippen LogP contribution in [0.2, 0.25) is 0 Å². The first-order chi connectivity index (χ1) is 18.0. The fourth-order valence-electron chi connectivity index (χ4n) is 5.91. The van der Waals surface area contributed by atoms with Crippen molar-refractivity contribution in [2.24, 2.45) is 0 Å². The van der Waals surface area contributed by atoms with Crippen LogP contribution in [-0.2, 0) is 29.6 Å². The second kappa shape index (κ2) is 11.1. The highest BCUT2D eigenvalue weighted by molar-refractivity contribution is 7.99. The predicted molar refractivity (Wildman–Crippen MR) is 151 cm³/mol. The van der Waals surface area contributed by atoms with Crippen molar-refractivity contribution in [2.75, 3.05) is 12.3 Å². The Kier molecular flexibility index (Phi) is 7.65.